The molecule has 1 aromatic carbocycles. The van der Waals surface area contributed by atoms with Gasteiger partial charge in [-0.05, 0) is 25.0 Å². The van der Waals surface area contributed by atoms with Crippen molar-refractivity contribution in [2.45, 2.75) is 19.4 Å². The molecule has 17 heavy (non-hydrogen) atoms. The molecule has 1 atom stereocenters. The number of aromatic nitrogens is 1. The van der Waals surface area contributed by atoms with Crippen LogP contribution in [-0.2, 0) is 6.42 Å². The van der Waals surface area contributed by atoms with Crippen LogP contribution in [0.15, 0.2) is 30.5 Å². The first kappa shape index (κ1) is 11.5. The lowest BCUT2D eigenvalue weighted by molar-refractivity contribution is -0.383. The first-order valence-electron chi connectivity index (χ1n) is 5.36. The molecule has 1 aromatic heterocycles. The molecule has 1 unspecified atom stereocenters. The Morgan fingerprint density at radius 2 is 2.24 bits per heavy atom. The van der Waals surface area contributed by atoms with Gasteiger partial charge in [0.05, 0.1) is 4.92 Å². The third kappa shape index (κ3) is 2.24. The van der Waals surface area contributed by atoms with Crippen molar-refractivity contribution in [2.75, 3.05) is 0 Å². The fourth-order valence-corrected chi connectivity index (χ4v) is 1.89. The second kappa shape index (κ2) is 4.47. The summed E-state index contributed by atoms with van der Waals surface area (Å²) in [7, 11) is 0. The molecule has 1 heterocycles. The van der Waals surface area contributed by atoms with E-state index in [4.69, 9.17) is 5.73 Å². The minimum atomic E-state index is -0.412. The molecule has 0 radical (unpaired) electrons. The van der Waals surface area contributed by atoms with E-state index in [0.29, 0.717) is 11.9 Å². The topological polar surface area (TPSA) is 82.0 Å². The molecule has 0 amide bonds. The third-order valence-corrected chi connectivity index (χ3v) is 2.58. The van der Waals surface area contributed by atoms with Gasteiger partial charge in [0.25, 0.3) is 5.69 Å². The summed E-state index contributed by atoms with van der Waals surface area (Å²) < 4.78 is 0. The molecule has 0 saturated carbocycles. The summed E-state index contributed by atoms with van der Waals surface area (Å²) in [6, 6.07) is 6.88. The standard InChI is InChI=1S/C12H13N3O2/c1-8(13)7-9-4-5-11(15(16)17)12-10(9)3-2-6-14-12/h2-6,8H,7,13H2,1H3. The van der Waals surface area contributed by atoms with E-state index < -0.39 is 4.92 Å². The summed E-state index contributed by atoms with van der Waals surface area (Å²) >= 11 is 0. The highest BCUT2D eigenvalue weighted by molar-refractivity contribution is 5.89. The van der Waals surface area contributed by atoms with E-state index in [-0.39, 0.29) is 11.7 Å². The number of pyridine rings is 1. The monoisotopic (exact) mass is 231 g/mol. The van der Waals surface area contributed by atoms with E-state index in [2.05, 4.69) is 4.98 Å². The van der Waals surface area contributed by atoms with Gasteiger partial charge in [-0.15, -0.1) is 0 Å². The Kier molecular flexibility index (Phi) is 3.01. The largest absolute Gasteiger partial charge is 0.328 e. The van der Waals surface area contributed by atoms with E-state index >= 15 is 0 Å². The number of nitro groups is 1. The Morgan fingerprint density at radius 3 is 2.88 bits per heavy atom. The van der Waals surface area contributed by atoms with Crippen LogP contribution in [0.1, 0.15) is 12.5 Å². The molecular formula is C12H13N3O2. The van der Waals surface area contributed by atoms with E-state index in [1.807, 2.05) is 13.0 Å². The Balaban J connectivity index is 2.66. The fraction of sp³-hybridized carbons (Fsp3) is 0.250. The molecule has 5 nitrogen and oxygen atoms in total. The number of hydrogen-bond donors (Lipinski definition) is 1. The average molecular weight is 231 g/mol. The number of benzene rings is 1. The smallest absolute Gasteiger partial charge is 0.295 e. The summed E-state index contributed by atoms with van der Waals surface area (Å²) in [4.78, 5) is 14.6. The number of non-ortho nitro benzene ring substituents is 1. The van der Waals surface area contributed by atoms with Crippen LogP contribution in [0, 0.1) is 10.1 Å². The molecule has 0 saturated heterocycles. The van der Waals surface area contributed by atoms with Gasteiger partial charge in [-0.1, -0.05) is 12.1 Å². The van der Waals surface area contributed by atoms with Crippen LogP contribution < -0.4 is 5.73 Å². The molecule has 0 aliphatic carbocycles. The summed E-state index contributed by atoms with van der Waals surface area (Å²) in [5, 5.41) is 11.7. The third-order valence-electron chi connectivity index (χ3n) is 2.58. The van der Waals surface area contributed by atoms with E-state index in [1.165, 1.54) is 6.07 Å². The van der Waals surface area contributed by atoms with Crippen molar-refractivity contribution in [1.29, 1.82) is 0 Å². The average Bonchev–Trinajstić information content (AvgIpc) is 2.28. The van der Waals surface area contributed by atoms with E-state index in [1.54, 1.807) is 18.3 Å². The van der Waals surface area contributed by atoms with Crippen LogP contribution >= 0.6 is 0 Å². The summed E-state index contributed by atoms with van der Waals surface area (Å²) in [5.41, 5.74) is 7.22. The van der Waals surface area contributed by atoms with Crippen LogP contribution in [0.2, 0.25) is 0 Å². The van der Waals surface area contributed by atoms with Gasteiger partial charge in [0.15, 0.2) is 0 Å². The van der Waals surface area contributed by atoms with Gasteiger partial charge < -0.3 is 5.73 Å². The minimum absolute atomic E-state index is 0.0138. The molecule has 0 aliphatic heterocycles. The van der Waals surface area contributed by atoms with Gasteiger partial charge in [0.2, 0.25) is 0 Å². The zero-order valence-electron chi connectivity index (χ0n) is 9.46. The van der Waals surface area contributed by atoms with E-state index in [0.717, 1.165) is 10.9 Å². The second-order valence-corrected chi connectivity index (χ2v) is 4.08. The van der Waals surface area contributed by atoms with Crippen molar-refractivity contribution in [3.8, 4) is 0 Å². The Labute approximate surface area is 98.4 Å². The van der Waals surface area contributed by atoms with Gasteiger partial charge in [0, 0.05) is 23.7 Å². The highest BCUT2D eigenvalue weighted by Crippen LogP contribution is 2.26. The molecule has 2 N–H and O–H groups in total. The molecule has 2 aromatic rings. The summed E-state index contributed by atoms with van der Waals surface area (Å²) in [6.07, 6.45) is 2.24. The van der Waals surface area contributed by atoms with Gasteiger partial charge in [-0.25, -0.2) is 4.98 Å². The SMILES string of the molecule is CC(N)Cc1ccc([N+](=O)[O-])c2ncccc12. The van der Waals surface area contributed by atoms with Crippen molar-refractivity contribution in [1.82, 2.24) is 4.98 Å². The number of nitrogens with zero attached hydrogens (tertiary/aromatic N) is 2. The van der Waals surface area contributed by atoms with Crippen LogP contribution in [0.4, 0.5) is 5.69 Å². The van der Waals surface area contributed by atoms with Gasteiger partial charge >= 0.3 is 0 Å². The molecule has 0 bridgehead atoms. The molecular weight excluding hydrogens is 218 g/mol. The van der Waals surface area contributed by atoms with Crippen LogP contribution in [-0.4, -0.2) is 15.9 Å². The maximum atomic E-state index is 10.9. The Bertz CT molecular complexity index is 567. The van der Waals surface area contributed by atoms with Crippen molar-refractivity contribution in [3.05, 3.63) is 46.1 Å². The van der Waals surface area contributed by atoms with Crippen LogP contribution in [0.3, 0.4) is 0 Å². The fourth-order valence-electron chi connectivity index (χ4n) is 1.89. The highest BCUT2D eigenvalue weighted by Gasteiger charge is 2.15. The number of nitrogens with two attached hydrogens (primary N) is 1. The predicted molar refractivity (Wildman–Crippen MR) is 65.8 cm³/mol. The molecule has 0 spiro atoms. The van der Waals surface area contributed by atoms with Crippen molar-refractivity contribution >= 4 is 16.6 Å². The zero-order chi connectivity index (χ0) is 12.4. The van der Waals surface area contributed by atoms with Crippen molar-refractivity contribution in [2.24, 2.45) is 5.73 Å². The molecule has 2 rings (SSSR count). The number of fused-ring (bicyclic) bond motifs is 1. The second-order valence-electron chi connectivity index (χ2n) is 4.08. The van der Waals surface area contributed by atoms with Gasteiger partial charge in [0.1, 0.15) is 5.52 Å². The number of rotatable bonds is 3. The summed E-state index contributed by atoms with van der Waals surface area (Å²) in [5.74, 6) is 0. The van der Waals surface area contributed by atoms with Gasteiger partial charge in [-0.2, -0.15) is 0 Å². The van der Waals surface area contributed by atoms with Crippen molar-refractivity contribution < 1.29 is 4.92 Å². The number of nitro benzene ring substituents is 1. The molecule has 0 fully saturated rings. The normalized spacial score (nSPS) is 12.6. The lowest BCUT2D eigenvalue weighted by atomic mass is 10.0. The first-order chi connectivity index (χ1) is 8.09. The quantitative estimate of drug-likeness (QED) is 0.647. The maximum absolute atomic E-state index is 10.9. The van der Waals surface area contributed by atoms with E-state index in [9.17, 15) is 10.1 Å². The number of hydrogen-bond acceptors (Lipinski definition) is 4. The van der Waals surface area contributed by atoms with Crippen LogP contribution in [0.25, 0.3) is 10.9 Å². The molecule has 0 aliphatic rings. The van der Waals surface area contributed by atoms with Gasteiger partial charge in [-0.3, -0.25) is 10.1 Å². The lowest BCUT2D eigenvalue weighted by Crippen LogP contribution is -2.18. The lowest BCUT2D eigenvalue weighted by Gasteiger charge is -2.08. The Hall–Kier alpha value is -2.01. The zero-order valence-corrected chi connectivity index (χ0v) is 9.46. The first-order valence-corrected chi connectivity index (χ1v) is 5.36. The summed E-state index contributed by atoms with van der Waals surface area (Å²) in [6.45, 7) is 1.91. The minimum Gasteiger partial charge on any atom is -0.328 e. The Morgan fingerprint density at radius 1 is 1.47 bits per heavy atom. The predicted octanol–water partition coefficient (Wildman–Crippen LogP) is 2.03. The maximum Gasteiger partial charge on any atom is 0.295 e. The highest BCUT2D eigenvalue weighted by atomic mass is 16.6. The van der Waals surface area contributed by atoms with Crippen molar-refractivity contribution in [3.63, 3.8) is 0 Å². The molecule has 5 heteroatoms. The van der Waals surface area contributed by atoms with Crippen LogP contribution in [0.5, 0.6) is 0 Å². The molecule has 88 valence electrons.